The summed E-state index contributed by atoms with van der Waals surface area (Å²) in [5, 5.41) is 9.42. The van der Waals surface area contributed by atoms with Crippen LogP contribution in [0.5, 0.6) is 5.75 Å². The number of methoxy groups -OCH3 is 1. The number of carbonyl (C=O) groups is 2. The van der Waals surface area contributed by atoms with Crippen LogP contribution in [-0.2, 0) is 11.3 Å². The molecule has 0 unspecified atom stereocenters. The zero-order valence-corrected chi connectivity index (χ0v) is 13.6. The minimum atomic E-state index is -0.405. The number of carbonyl (C=O) groups excluding carboxylic acids is 2. The monoisotopic (exact) mass is 336 g/mol. The van der Waals surface area contributed by atoms with Gasteiger partial charge in [0.15, 0.2) is 0 Å². The molecule has 0 fully saturated rings. The summed E-state index contributed by atoms with van der Waals surface area (Å²) >= 11 is 5.48. The Hall–Kier alpha value is -2.54. The highest BCUT2D eigenvalue weighted by atomic mass is 35.5. The average molecular weight is 337 g/mol. The fourth-order valence-electron chi connectivity index (χ4n) is 2.03. The maximum atomic E-state index is 12.5. The number of hydrogen-bond donors (Lipinski definition) is 2. The fraction of sp³-hybridized carbons (Fsp3) is 0.267. The molecule has 0 radical (unpaired) electrons. The van der Waals surface area contributed by atoms with Crippen LogP contribution in [0.1, 0.15) is 17.4 Å². The van der Waals surface area contributed by atoms with Crippen molar-refractivity contribution in [3.63, 3.8) is 0 Å². The predicted octanol–water partition coefficient (Wildman–Crippen LogP) is 2.34. The van der Waals surface area contributed by atoms with Crippen LogP contribution in [-0.4, -0.2) is 34.6 Å². The second-order valence-electron chi connectivity index (χ2n) is 4.59. The van der Waals surface area contributed by atoms with Gasteiger partial charge in [-0.2, -0.15) is 5.10 Å². The SMILES string of the molecule is CCn1ncc(NC(=O)CCl)c1C(=O)Nc1cccc(OC)c1. The zero-order chi connectivity index (χ0) is 16.8. The third kappa shape index (κ3) is 4.01. The van der Waals surface area contributed by atoms with Gasteiger partial charge in [0, 0.05) is 18.3 Å². The highest BCUT2D eigenvalue weighted by molar-refractivity contribution is 6.29. The first-order chi connectivity index (χ1) is 11.1. The van der Waals surface area contributed by atoms with Crippen LogP contribution >= 0.6 is 11.6 Å². The lowest BCUT2D eigenvalue weighted by Gasteiger charge is -2.10. The lowest BCUT2D eigenvalue weighted by atomic mass is 10.2. The van der Waals surface area contributed by atoms with E-state index in [0.717, 1.165) is 0 Å². The van der Waals surface area contributed by atoms with Crippen molar-refractivity contribution in [3.8, 4) is 5.75 Å². The molecule has 0 spiro atoms. The Morgan fingerprint density at radius 3 is 2.78 bits per heavy atom. The number of nitrogens with one attached hydrogen (secondary N) is 2. The summed E-state index contributed by atoms with van der Waals surface area (Å²) < 4.78 is 6.62. The van der Waals surface area contributed by atoms with Gasteiger partial charge < -0.3 is 15.4 Å². The van der Waals surface area contributed by atoms with Gasteiger partial charge in [0.2, 0.25) is 5.91 Å². The minimum absolute atomic E-state index is 0.200. The van der Waals surface area contributed by atoms with E-state index in [1.807, 2.05) is 6.92 Å². The lowest BCUT2D eigenvalue weighted by Crippen LogP contribution is -2.21. The summed E-state index contributed by atoms with van der Waals surface area (Å²) in [6.07, 6.45) is 1.43. The number of rotatable bonds is 6. The second kappa shape index (κ2) is 7.64. The molecule has 2 rings (SSSR count). The van der Waals surface area contributed by atoms with Gasteiger partial charge in [0.05, 0.1) is 19.0 Å². The summed E-state index contributed by atoms with van der Waals surface area (Å²) in [6, 6.07) is 6.98. The molecule has 0 saturated heterocycles. The molecule has 7 nitrogen and oxygen atoms in total. The number of alkyl halides is 1. The number of amides is 2. The van der Waals surface area contributed by atoms with Crippen LogP contribution < -0.4 is 15.4 Å². The second-order valence-corrected chi connectivity index (χ2v) is 4.86. The average Bonchev–Trinajstić information content (AvgIpc) is 2.97. The number of anilines is 2. The van der Waals surface area contributed by atoms with E-state index >= 15 is 0 Å². The van der Waals surface area contributed by atoms with E-state index in [1.54, 1.807) is 31.4 Å². The van der Waals surface area contributed by atoms with Crippen molar-refractivity contribution in [2.75, 3.05) is 23.6 Å². The molecule has 2 aromatic rings. The molecular weight excluding hydrogens is 320 g/mol. The topological polar surface area (TPSA) is 85.2 Å². The first kappa shape index (κ1) is 16.8. The maximum Gasteiger partial charge on any atom is 0.276 e. The summed E-state index contributed by atoms with van der Waals surface area (Å²) in [7, 11) is 1.55. The first-order valence-corrected chi connectivity index (χ1v) is 7.49. The van der Waals surface area contributed by atoms with Crippen molar-refractivity contribution < 1.29 is 14.3 Å². The van der Waals surface area contributed by atoms with Crippen LogP contribution in [0.4, 0.5) is 11.4 Å². The summed E-state index contributed by atoms with van der Waals surface area (Å²) in [5.41, 5.74) is 1.15. The third-order valence-corrected chi connectivity index (χ3v) is 3.32. The quantitative estimate of drug-likeness (QED) is 0.793. The first-order valence-electron chi connectivity index (χ1n) is 6.96. The highest BCUT2D eigenvalue weighted by Gasteiger charge is 2.19. The van der Waals surface area contributed by atoms with Crippen LogP contribution in [0.15, 0.2) is 30.5 Å². The van der Waals surface area contributed by atoms with E-state index in [0.29, 0.717) is 23.7 Å². The summed E-state index contributed by atoms with van der Waals surface area (Å²) in [4.78, 5) is 24.0. The Balaban J connectivity index is 2.26. The van der Waals surface area contributed by atoms with Gasteiger partial charge in [0.1, 0.15) is 17.3 Å². The molecule has 2 amide bonds. The van der Waals surface area contributed by atoms with E-state index in [2.05, 4.69) is 15.7 Å². The number of aromatic nitrogens is 2. The minimum Gasteiger partial charge on any atom is -0.497 e. The molecule has 0 aliphatic rings. The number of nitrogens with zero attached hydrogens (tertiary/aromatic N) is 2. The normalized spacial score (nSPS) is 10.2. The smallest absolute Gasteiger partial charge is 0.276 e. The van der Waals surface area contributed by atoms with Gasteiger partial charge in [-0.15, -0.1) is 11.6 Å². The molecule has 0 bridgehead atoms. The highest BCUT2D eigenvalue weighted by Crippen LogP contribution is 2.20. The maximum absolute atomic E-state index is 12.5. The molecule has 2 N–H and O–H groups in total. The van der Waals surface area contributed by atoms with Crippen LogP contribution in [0.25, 0.3) is 0 Å². The van der Waals surface area contributed by atoms with E-state index in [1.165, 1.54) is 10.9 Å². The van der Waals surface area contributed by atoms with Crippen molar-refractivity contribution in [2.45, 2.75) is 13.5 Å². The molecule has 23 heavy (non-hydrogen) atoms. The van der Waals surface area contributed by atoms with Crippen molar-refractivity contribution >= 4 is 34.8 Å². The van der Waals surface area contributed by atoms with Gasteiger partial charge >= 0.3 is 0 Å². The Morgan fingerprint density at radius 1 is 1.35 bits per heavy atom. The van der Waals surface area contributed by atoms with Gasteiger partial charge in [-0.3, -0.25) is 14.3 Å². The molecule has 0 aliphatic carbocycles. The van der Waals surface area contributed by atoms with Crippen molar-refractivity contribution in [1.82, 2.24) is 9.78 Å². The van der Waals surface area contributed by atoms with Crippen LogP contribution in [0.2, 0.25) is 0 Å². The molecule has 122 valence electrons. The zero-order valence-electron chi connectivity index (χ0n) is 12.8. The molecule has 0 saturated carbocycles. The van der Waals surface area contributed by atoms with Crippen molar-refractivity contribution in [3.05, 3.63) is 36.2 Å². The molecule has 8 heteroatoms. The summed E-state index contributed by atoms with van der Waals surface area (Å²) in [6.45, 7) is 2.33. The predicted molar refractivity (Wildman–Crippen MR) is 88.2 cm³/mol. The molecular formula is C15H17ClN4O3. The third-order valence-electron chi connectivity index (χ3n) is 3.08. The van der Waals surface area contributed by atoms with Gasteiger partial charge in [-0.05, 0) is 19.1 Å². The van der Waals surface area contributed by atoms with E-state index < -0.39 is 5.91 Å². The van der Waals surface area contributed by atoms with E-state index in [4.69, 9.17) is 16.3 Å². The summed E-state index contributed by atoms with van der Waals surface area (Å²) in [5.74, 6) is -0.364. The number of ether oxygens (including phenoxy) is 1. The largest absolute Gasteiger partial charge is 0.497 e. The number of benzene rings is 1. The van der Waals surface area contributed by atoms with Gasteiger partial charge in [-0.1, -0.05) is 6.07 Å². The fourth-order valence-corrected chi connectivity index (χ4v) is 2.10. The number of aryl methyl sites for hydroxylation is 1. The Kier molecular flexibility index (Phi) is 5.59. The molecule has 1 aromatic carbocycles. The molecule has 0 atom stereocenters. The van der Waals surface area contributed by atoms with E-state index in [-0.39, 0.29) is 17.5 Å². The number of hydrogen-bond acceptors (Lipinski definition) is 4. The Bertz CT molecular complexity index is 714. The Morgan fingerprint density at radius 2 is 2.13 bits per heavy atom. The molecule has 1 aromatic heterocycles. The Labute approximate surface area is 138 Å². The standard InChI is InChI=1S/C15H17ClN4O3/c1-3-20-14(12(9-17-20)19-13(21)8-16)15(22)18-10-5-4-6-11(7-10)23-2/h4-7,9H,3,8H2,1-2H3,(H,18,22)(H,19,21). The molecule has 1 heterocycles. The van der Waals surface area contributed by atoms with Crippen molar-refractivity contribution in [2.24, 2.45) is 0 Å². The van der Waals surface area contributed by atoms with Crippen LogP contribution in [0.3, 0.4) is 0 Å². The van der Waals surface area contributed by atoms with Crippen LogP contribution in [0, 0.1) is 0 Å². The molecule has 0 aliphatic heterocycles. The van der Waals surface area contributed by atoms with E-state index in [9.17, 15) is 9.59 Å². The van der Waals surface area contributed by atoms with Gasteiger partial charge in [0.25, 0.3) is 5.91 Å². The number of halogens is 1. The van der Waals surface area contributed by atoms with Crippen molar-refractivity contribution in [1.29, 1.82) is 0 Å². The lowest BCUT2D eigenvalue weighted by molar-refractivity contribution is -0.113. The van der Waals surface area contributed by atoms with Gasteiger partial charge in [-0.25, -0.2) is 0 Å².